The van der Waals surface area contributed by atoms with Crippen LogP contribution in [0.4, 0.5) is 5.69 Å². The molecule has 0 spiro atoms. The molecule has 142 valence electrons. The van der Waals surface area contributed by atoms with Crippen molar-refractivity contribution in [2.75, 3.05) is 4.90 Å². The summed E-state index contributed by atoms with van der Waals surface area (Å²) in [5.74, 6) is -0.619. The number of benzene rings is 2. The molecule has 5 nitrogen and oxygen atoms in total. The van der Waals surface area contributed by atoms with E-state index < -0.39 is 5.97 Å². The Balaban J connectivity index is 1.48. The number of carbonyl (C=O) groups is 3. The number of nitrogens with zero attached hydrogens (tertiary/aromatic N) is 1. The molecule has 1 aliphatic heterocycles. The van der Waals surface area contributed by atoms with Crippen molar-refractivity contribution < 1.29 is 19.1 Å². The summed E-state index contributed by atoms with van der Waals surface area (Å²) >= 11 is 6.08. The van der Waals surface area contributed by atoms with Crippen molar-refractivity contribution in [1.29, 1.82) is 0 Å². The van der Waals surface area contributed by atoms with Crippen LogP contribution in [0.3, 0.4) is 0 Å². The standard InChI is InChI=1S/C22H18ClNO4/c23-15-6-2-1-5-14(15)22(27)28-17-8-4-3-7-16(17)24-20(25)18-12-9-10-13(11-12)19(18)21(24)26/h1-8,12-13,18-19H,9-11H2/t12-,13-,18-,19+/m0/s1. The van der Waals surface area contributed by atoms with E-state index in [2.05, 4.69) is 0 Å². The van der Waals surface area contributed by atoms with Crippen molar-refractivity contribution in [3.63, 3.8) is 0 Å². The highest BCUT2D eigenvalue weighted by atomic mass is 35.5. The van der Waals surface area contributed by atoms with Gasteiger partial charge >= 0.3 is 5.97 Å². The van der Waals surface area contributed by atoms with Crippen LogP contribution < -0.4 is 9.64 Å². The molecular formula is C22H18ClNO4. The third-order valence-corrected chi connectivity index (χ3v) is 6.66. The number of anilines is 1. The van der Waals surface area contributed by atoms with Crippen LogP contribution in [0.15, 0.2) is 48.5 Å². The Kier molecular flexibility index (Phi) is 4.02. The minimum atomic E-state index is -0.627. The third kappa shape index (κ3) is 2.49. The Labute approximate surface area is 167 Å². The monoisotopic (exact) mass is 395 g/mol. The Morgan fingerprint density at radius 1 is 0.929 bits per heavy atom. The van der Waals surface area contributed by atoms with Crippen molar-refractivity contribution in [3.8, 4) is 5.75 Å². The molecule has 2 aliphatic carbocycles. The molecular weight excluding hydrogens is 378 g/mol. The van der Waals surface area contributed by atoms with Crippen molar-refractivity contribution in [3.05, 3.63) is 59.1 Å². The van der Waals surface area contributed by atoms with Crippen LogP contribution in [-0.2, 0) is 9.59 Å². The number of fused-ring (bicyclic) bond motifs is 5. The minimum absolute atomic E-state index is 0.163. The van der Waals surface area contributed by atoms with Gasteiger partial charge in [0.25, 0.3) is 0 Å². The van der Waals surface area contributed by atoms with Gasteiger partial charge in [0.1, 0.15) is 0 Å². The van der Waals surface area contributed by atoms with Crippen molar-refractivity contribution in [1.82, 2.24) is 0 Å². The lowest BCUT2D eigenvalue weighted by Crippen LogP contribution is -2.33. The summed E-state index contributed by atoms with van der Waals surface area (Å²) in [6.45, 7) is 0. The molecule has 2 saturated carbocycles. The molecule has 6 heteroatoms. The predicted molar refractivity (Wildman–Crippen MR) is 103 cm³/mol. The largest absolute Gasteiger partial charge is 0.421 e. The third-order valence-electron chi connectivity index (χ3n) is 6.33. The van der Waals surface area contributed by atoms with Crippen molar-refractivity contribution >= 4 is 35.1 Å². The molecule has 2 amide bonds. The van der Waals surface area contributed by atoms with Crippen molar-refractivity contribution in [2.45, 2.75) is 19.3 Å². The number of hydrogen-bond donors (Lipinski definition) is 0. The average molecular weight is 396 g/mol. The van der Waals surface area contributed by atoms with Crippen LogP contribution in [0.5, 0.6) is 5.75 Å². The van der Waals surface area contributed by atoms with Gasteiger partial charge in [0.15, 0.2) is 5.75 Å². The van der Waals surface area contributed by atoms with Gasteiger partial charge in [0.2, 0.25) is 11.8 Å². The smallest absolute Gasteiger partial charge is 0.345 e. The van der Waals surface area contributed by atoms with E-state index in [9.17, 15) is 14.4 Å². The fourth-order valence-corrected chi connectivity index (χ4v) is 5.37. The first-order chi connectivity index (χ1) is 13.6. The predicted octanol–water partition coefficient (Wildman–Crippen LogP) is 4.09. The molecule has 3 fully saturated rings. The molecule has 1 saturated heterocycles. The number of ether oxygens (including phenoxy) is 1. The number of hydrogen-bond acceptors (Lipinski definition) is 4. The zero-order valence-electron chi connectivity index (χ0n) is 15.0. The van der Waals surface area contributed by atoms with Crippen LogP contribution in [0.25, 0.3) is 0 Å². The summed E-state index contributed by atoms with van der Waals surface area (Å²) in [7, 11) is 0. The SMILES string of the molecule is O=C(Oc1ccccc1N1C(=O)[C@@H]2[C@H]3CC[C@@H](C3)[C@@H]2C1=O)c1ccccc1Cl. The first-order valence-corrected chi connectivity index (χ1v) is 9.87. The second-order valence-corrected chi connectivity index (χ2v) is 8.14. The zero-order chi connectivity index (χ0) is 19.4. The Morgan fingerprint density at radius 2 is 1.54 bits per heavy atom. The van der Waals surface area contributed by atoms with E-state index in [1.807, 2.05) is 0 Å². The van der Waals surface area contributed by atoms with Crippen LogP contribution >= 0.6 is 11.6 Å². The van der Waals surface area contributed by atoms with Gasteiger partial charge < -0.3 is 4.74 Å². The second kappa shape index (κ2) is 6.45. The summed E-state index contributed by atoms with van der Waals surface area (Å²) in [5.41, 5.74) is 0.555. The maximum atomic E-state index is 13.1. The van der Waals surface area contributed by atoms with Crippen molar-refractivity contribution in [2.24, 2.45) is 23.7 Å². The number of esters is 1. The number of rotatable bonds is 3. The lowest BCUT2D eigenvalue weighted by molar-refractivity contribution is -0.123. The first-order valence-electron chi connectivity index (χ1n) is 9.50. The van der Waals surface area contributed by atoms with Gasteiger partial charge in [-0.15, -0.1) is 0 Å². The topological polar surface area (TPSA) is 63.7 Å². The molecule has 0 aromatic heterocycles. The van der Waals surface area contributed by atoms with Crippen LogP contribution in [0, 0.1) is 23.7 Å². The van der Waals surface area contributed by atoms with E-state index in [0.717, 1.165) is 19.3 Å². The van der Waals surface area contributed by atoms with Gasteiger partial charge in [0.05, 0.1) is 28.1 Å². The van der Waals surface area contributed by atoms with E-state index in [4.69, 9.17) is 16.3 Å². The molecule has 4 atom stereocenters. The highest BCUT2D eigenvalue weighted by molar-refractivity contribution is 6.33. The number of carbonyl (C=O) groups excluding carboxylic acids is 3. The molecule has 1 heterocycles. The second-order valence-electron chi connectivity index (χ2n) is 7.73. The van der Waals surface area contributed by atoms with Crippen LogP contribution in [0.1, 0.15) is 29.6 Å². The fraction of sp³-hybridized carbons (Fsp3) is 0.318. The van der Waals surface area contributed by atoms with Gasteiger partial charge in [0, 0.05) is 0 Å². The van der Waals surface area contributed by atoms with E-state index in [-0.39, 0.29) is 40.0 Å². The molecule has 28 heavy (non-hydrogen) atoms. The first kappa shape index (κ1) is 17.4. The molecule has 2 aromatic rings. The zero-order valence-corrected chi connectivity index (χ0v) is 15.8. The van der Waals surface area contributed by atoms with Gasteiger partial charge in [-0.25, -0.2) is 9.69 Å². The quantitative estimate of drug-likeness (QED) is 0.446. The number of imide groups is 1. The minimum Gasteiger partial charge on any atom is -0.421 e. The van der Waals surface area contributed by atoms with E-state index in [1.54, 1.807) is 48.5 Å². The number of para-hydroxylation sites is 2. The summed E-state index contributed by atoms with van der Waals surface area (Å²) in [4.78, 5) is 40.0. The van der Waals surface area contributed by atoms with Crippen LogP contribution in [0.2, 0.25) is 5.02 Å². The number of amides is 2. The molecule has 3 aliphatic rings. The van der Waals surface area contributed by atoms with Gasteiger partial charge in [-0.1, -0.05) is 35.9 Å². The van der Waals surface area contributed by atoms with E-state index in [0.29, 0.717) is 17.5 Å². The summed E-state index contributed by atoms with van der Waals surface area (Å²) in [5, 5.41) is 0.282. The molecule has 2 bridgehead atoms. The summed E-state index contributed by atoms with van der Waals surface area (Å²) in [6.07, 6.45) is 3.01. The summed E-state index contributed by atoms with van der Waals surface area (Å²) < 4.78 is 5.54. The van der Waals surface area contributed by atoms with E-state index >= 15 is 0 Å². The molecule has 5 rings (SSSR count). The van der Waals surface area contributed by atoms with Crippen LogP contribution in [-0.4, -0.2) is 17.8 Å². The lowest BCUT2D eigenvalue weighted by atomic mass is 9.81. The Morgan fingerprint density at radius 3 is 2.21 bits per heavy atom. The Bertz CT molecular complexity index is 976. The molecule has 0 radical (unpaired) electrons. The fourth-order valence-electron chi connectivity index (χ4n) is 5.16. The maximum Gasteiger partial charge on any atom is 0.345 e. The molecule has 0 N–H and O–H groups in total. The van der Waals surface area contributed by atoms with Gasteiger partial charge in [-0.3, -0.25) is 9.59 Å². The normalized spacial score (nSPS) is 28.0. The number of halogens is 1. The molecule has 2 aromatic carbocycles. The Hall–Kier alpha value is -2.66. The maximum absolute atomic E-state index is 13.1. The molecule has 0 unspecified atom stereocenters. The van der Waals surface area contributed by atoms with Gasteiger partial charge in [-0.2, -0.15) is 0 Å². The lowest BCUT2D eigenvalue weighted by Gasteiger charge is -2.20. The van der Waals surface area contributed by atoms with Gasteiger partial charge in [-0.05, 0) is 55.4 Å². The highest BCUT2D eigenvalue weighted by Gasteiger charge is 2.61. The average Bonchev–Trinajstić information content (AvgIpc) is 3.37. The van der Waals surface area contributed by atoms with E-state index in [1.165, 1.54) is 4.90 Å². The summed E-state index contributed by atoms with van der Waals surface area (Å²) in [6, 6.07) is 13.3. The highest BCUT2D eigenvalue weighted by Crippen LogP contribution is 2.57.